The minimum absolute atomic E-state index is 0.243. The van der Waals surface area contributed by atoms with E-state index in [4.69, 9.17) is 5.14 Å². The second kappa shape index (κ2) is 4.35. The minimum atomic E-state index is -3.85. The Kier molecular flexibility index (Phi) is 3.19. The Labute approximate surface area is 112 Å². The Hall–Kier alpha value is -1.00. The molecule has 1 aromatic heterocycles. The molecule has 1 heterocycles. The number of halogens is 1. The fourth-order valence-electron chi connectivity index (χ4n) is 1.44. The van der Waals surface area contributed by atoms with Crippen LogP contribution in [0.5, 0.6) is 0 Å². The van der Waals surface area contributed by atoms with E-state index in [0.717, 1.165) is 9.13 Å². The molecule has 90 valence electrons. The molecule has 2 rings (SSSR count). The van der Waals surface area contributed by atoms with E-state index in [0.29, 0.717) is 5.82 Å². The summed E-state index contributed by atoms with van der Waals surface area (Å²) < 4.78 is 24.8. The van der Waals surface area contributed by atoms with Crippen LogP contribution < -0.4 is 5.14 Å². The fraction of sp³-hybridized carbons (Fsp3) is 0.111. The highest BCUT2D eigenvalue weighted by Gasteiger charge is 2.20. The molecule has 0 saturated heterocycles. The molecule has 0 atom stereocenters. The summed E-state index contributed by atoms with van der Waals surface area (Å²) in [7, 11) is -2.28. The first-order valence-electron chi connectivity index (χ1n) is 4.58. The molecule has 8 heteroatoms. The van der Waals surface area contributed by atoms with E-state index in [1.165, 1.54) is 4.57 Å². The largest absolute Gasteiger partial charge is 0.300 e. The number of nitrogens with zero attached hydrogens (tertiary/aromatic N) is 3. The molecule has 0 spiro atoms. The summed E-state index contributed by atoms with van der Waals surface area (Å²) in [5, 5.41) is 12.3. The Morgan fingerprint density at radius 3 is 2.47 bits per heavy atom. The Bertz CT molecular complexity index is 665. The number of primary sulfonamides is 1. The molecule has 0 aliphatic heterocycles. The standard InChI is InChI=1S/C9H9IN4O2S/c1-14-8(6-4-2-3-5-7(6)10)12-13-9(14)17(11,15)16/h2-5H,1H3,(H2,11,15,16). The molecule has 0 amide bonds. The van der Waals surface area contributed by atoms with Crippen LogP contribution in [0.1, 0.15) is 0 Å². The van der Waals surface area contributed by atoms with Gasteiger partial charge in [0.1, 0.15) is 0 Å². The zero-order valence-corrected chi connectivity index (χ0v) is 11.8. The van der Waals surface area contributed by atoms with Crippen molar-refractivity contribution in [3.8, 4) is 11.4 Å². The zero-order chi connectivity index (χ0) is 12.6. The average Bonchev–Trinajstić information content (AvgIpc) is 2.60. The molecule has 2 aromatic rings. The minimum Gasteiger partial charge on any atom is -0.300 e. The molecule has 1 aromatic carbocycles. The fourth-order valence-corrected chi connectivity index (χ4v) is 2.69. The predicted octanol–water partition coefficient (Wildman–Crippen LogP) is 0.734. The summed E-state index contributed by atoms with van der Waals surface area (Å²) in [5.74, 6) is 0.471. The lowest BCUT2D eigenvalue weighted by Crippen LogP contribution is -2.17. The first-order chi connectivity index (χ1) is 7.91. The third-order valence-electron chi connectivity index (χ3n) is 2.20. The summed E-state index contributed by atoms with van der Waals surface area (Å²) in [5.41, 5.74) is 0.818. The molecule has 0 unspecified atom stereocenters. The summed E-state index contributed by atoms with van der Waals surface area (Å²) in [4.78, 5) is 0. The van der Waals surface area contributed by atoms with E-state index in [9.17, 15) is 8.42 Å². The van der Waals surface area contributed by atoms with E-state index in [2.05, 4.69) is 32.8 Å². The van der Waals surface area contributed by atoms with Gasteiger partial charge in [0.25, 0.3) is 15.2 Å². The van der Waals surface area contributed by atoms with Gasteiger partial charge in [-0.15, -0.1) is 10.2 Å². The normalized spacial score (nSPS) is 11.7. The molecular formula is C9H9IN4O2S. The quantitative estimate of drug-likeness (QED) is 0.796. The van der Waals surface area contributed by atoms with E-state index >= 15 is 0 Å². The summed E-state index contributed by atoms with van der Waals surface area (Å²) in [6.07, 6.45) is 0. The van der Waals surface area contributed by atoms with Gasteiger partial charge in [0.2, 0.25) is 0 Å². The molecular weight excluding hydrogens is 355 g/mol. The molecule has 6 nitrogen and oxygen atoms in total. The highest BCUT2D eigenvalue weighted by atomic mass is 127. The second-order valence-electron chi connectivity index (χ2n) is 3.39. The lowest BCUT2D eigenvalue weighted by Gasteiger charge is -2.04. The van der Waals surface area contributed by atoms with Gasteiger partial charge in [0, 0.05) is 16.2 Å². The predicted molar refractivity (Wildman–Crippen MR) is 70.5 cm³/mol. The van der Waals surface area contributed by atoms with Crippen molar-refractivity contribution in [2.45, 2.75) is 5.16 Å². The summed E-state index contributed by atoms with van der Waals surface area (Å²) in [6.45, 7) is 0. The number of sulfonamides is 1. The molecule has 0 radical (unpaired) electrons. The molecule has 0 fully saturated rings. The van der Waals surface area contributed by atoms with Gasteiger partial charge in [-0.25, -0.2) is 13.6 Å². The van der Waals surface area contributed by atoms with Gasteiger partial charge in [0.05, 0.1) is 0 Å². The molecule has 0 aliphatic rings. The van der Waals surface area contributed by atoms with Crippen LogP contribution in [0.4, 0.5) is 0 Å². The Morgan fingerprint density at radius 2 is 1.94 bits per heavy atom. The van der Waals surface area contributed by atoms with Crippen LogP contribution in [-0.4, -0.2) is 23.2 Å². The summed E-state index contributed by atoms with van der Waals surface area (Å²) >= 11 is 2.15. The number of aromatic nitrogens is 3. The molecule has 0 saturated carbocycles. The number of hydrogen-bond donors (Lipinski definition) is 1. The molecule has 0 aliphatic carbocycles. The van der Waals surface area contributed by atoms with Gasteiger partial charge in [-0.3, -0.25) is 4.57 Å². The number of rotatable bonds is 2. The lowest BCUT2D eigenvalue weighted by atomic mass is 10.2. The highest BCUT2D eigenvalue weighted by molar-refractivity contribution is 14.1. The van der Waals surface area contributed by atoms with Gasteiger partial charge in [-0.1, -0.05) is 18.2 Å². The lowest BCUT2D eigenvalue weighted by molar-refractivity contribution is 0.580. The van der Waals surface area contributed by atoms with Crippen molar-refractivity contribution in [1.29, 1.82) is 0 Å². The van der Waals surface area contributed by atoms with Crippen LogP contribution in [0, 0.1) is 3.57 Å². The maximum atomic E-state index is 11.2. The maximum Gasteiger partial charge on any atom is 0.273 e. The van der Waals surface area contributed by atoms with E-state index in [1.54, 1.807) is 7.05 Å². The second-order valence-corrected chi connectivity index (χ2v) is 6.01. The molecule has 0 bridgehead atoms. The van der Waals surface area contributed by atoms with Crippen molar-refractivity contribution in [2.75, 3.05) is 0 Å². The van der Waals surface area contributed by atoms with Gasteiger partial charge >= 0.3 is 0 Å². The van der Waals surface area contributed by atoms with Crippen molar-refractivity contribution >= 4 is 32.6 Å². The maximum absolute atomic E-state index is 11.2. The van der Waals surface area contributed by atoms with Crippen molar-refractivity contribution in [2.24, 2.45) is 12.2 Å². The smallest absolute Gasteiger partial charge is 0.273 e. The SMILES string of the molecule is Cn1c(-c2ccccc2I)nnc1S(N)(=O)=O. The highest BCUT2D eigenvalue weighted by Crippen LogP contribution is 2.23. The number of nitrogens with two attached hydrogens (primary N) is 1. The van der Waals surface area contributed by atoms with Gasteiger partial charge < -0.3 is 0 Å². The van der Waals surface area contributed by atoms with Gasteiger partial charge in [0.15, 0.2) is 5.82 Å². The van der Waals surface area contributed by atoms with Crippen molar-refractivity contribution in [3.05, 3.63) is 27.8 Å². The van der Waals surface area contributed by atoms with E-state index < -0.39 is 10.0 Å². The van der Waals surface area contributed by atoms with Crippen molar-refractivity contribution < 1.29 is 8.42 Å². The van der Waals surface area contributed by atoms with Gasteiger partial charge in [-0.05, 0) is 28.7 Å². The monoisotopic (exact) mass is 364 g/mol. The van der Waals surface area contributed by atoms with Crippen LogP contribution in [0.2, 0.25) is 0 Å². The van der Waals surface area contributed by atoms with Crippen molar-refractivity contribution in [3.63, 3.8) is 0 Å². The first kappa shape index (κ1) is 12.5. The van der Waals surface area contributed by atoms with E-state index in [-0.39, 0.29) is 5.16 Å². The van der Waals surface area contributed by atoms with Crippen LogP contribution >= 0.6 is 22.6 Å². The number of benzene rings is 1. The van der Waals surface area contributed by atoms with Gasteiger partial charge in [-0.2, -0.15) is 0 Å². The van der Waals surface area contributed by atoms with Crippen LogP contribution in [0.15, 0.2) is 29.4 Å². The zero-order valence-electron chi connectivity index (χ0n) is 8.83. The van der Waals surface area contributed by atoms with Crippen molar-refractivity contribution in [1.82, 2.24) is 14.8 Å². The van der Waals surface area contributed by atoms with Crippen LogP contribution in [0.25, 0.3) is 11.4 Å². The molecule has 2 N–H and O–H groups in total. The van der Waals surface area contributed by atoms with E-state index in [1.807, 2.05) is 24.3 Å². The average molecular weight is 364 g/mol. The Morgan fingerprint density at radius 1 is 1.29 bits per heavy atom. The third-order valence-corrected chi connectivity index (χ3v) is 4.01. The Balaban J connectivity index is 2.64. The first-order valence-corrected chi connectivity index (χ1v) is 7.21. The molecule has 17 heavy (non-hydrogen) atoms. The number of hydrogen-bond acceptors (Lipinski definition) is 4. The third kappa shape index (κ3) is 2.33. The van der Waals surface area contributed by atoms with Crippen LogP contribution in [0.3, 0.4) is 0 Å². The summed E-state index contributed by atoms with van der Waals surface area (Å²) in [6, 6.07) is 7.49. The van der Waals surface area contributed by atoms with Crippen LogP contribution in [-0.2, 0) is 17.1 Å². The topological polar surface area (TPSA) is 90.9 Å².